The van der Waals surface area contributed by atoms with Crippen molar-refractivity contribution in [3.8, 4) is 0 Å². The second-order valence-corrected chi connectivity index (χ2v) is 11.1. The molecule has 1 fully saturated rings. The summed E-state index contributed by atoms with van der Waals surface area (Å²) in [4.78, 5) is 48.0. The Labute approximate surface area is 225 Å². The summed E-state index contributed by atoms with van der Waals surface area (Å²) < 4.78 is 0. The van der Waals surface area contributed by atoms with Gasteiger partial charge in [0.2, 0.25) is 11.8 Å². The average Bonchev–Trinajstić information content (AvgIpc) is 3.39. The van der Waals surface area contributed by atoms with Gasteiger partial charge in [0.05, 0.1) is 12.6 Å². The lowest BCUT2D eigenvalue weighted by Gasteiger charge is -2.36. The maximum absolute atomic E-state index is 14.3. The minimum atomic E-state index is -1.06. The molecule has 0 bridgehead atoms. The first-order chi connectivity index (χ1) is 18.0. The molecule has 3 unspecified atom stereocenters. The molecule has 1 saturated heterocycles. The maximum Gasteiger partial charge on any atom is 0.250 e. The molecule has 1 aromatic heterocycles. The Balaban J connectivity index is 2.16. The quantitative estimate of drug-likeness (QED) is 0.490. The van der Waals surface area contributed by atoms with E-state index < -0.39 is 24.0 Å². The number of hydrogen-bond acceptors (Lipinski definition) is 5. The minimum absolute atomic E-state index is 0.0238. The molecule has 204 valence electrons. The van der Waals surface area contributed by atoms with Crippen LogP contribution < -0.4 is 10.2 Å². The van der Waals surface area contributed by atoms with Crippen molar-refractivity contribution in [2.75, 3.05) is 18.1 Å². The number of aliphatic hydroxyl groups excluding tert-OH is 1. The first-order valence-corrected chi connectivity index (χ1v) is 13.2. The number of benzene rings is 1. The summed E-state index contributed by atoms with van der Waals surface area (Å²) in [7, 11) is 0. The van der Waals surface area contributed by atoms with Crippen LogP contribution in [-0.4, -0.2) is 57.9 Å². The van der Waals surface area contributed by atoms with E-state index in [1.165, 1.54) is 15.9 Å². The van der Waals surface area contributed by atoms with E-state index in [9.17, 15) is 19.5 Å². The lowest BCUT2D eigenvalue weighted by atomic mass is 9.87. The van der Waals surface area contributed by atoms with Crippen molar-refractivity contribution in [1.82, 2.24) is 15.2 Å². The molecule has 3 rings (SSSR count). The highest BCUT2D eigenvalue weighted by atomic mass is 16.3. The van der Waals surface area contributed by atoms with E-state index in [-0.39, 0.29) is 29.8 Å². The zero-order valence-corrected chi connectivity index (χ0v) is 23.1. The number of rotatable bonds is 9. The Kier molecular flexibility index (Phi) is 9.44. The van der Waals surface area contributed by atoms with Gasteiger partial charge in [0.25, 0.3) is 5.91 Å². The van der Waals surface area contributed by atoms with Gasteiger partial charge in [0.15, 0.2) is 0 Å². The molecule has 0 aliphatic carbocycles. The lowest BCUT2D eigenvalue weighted by molar-refractivity contribution is -0.135. The molecule has 1 aromatic carbocycles. The van der Waals surface area contributed by atoms with E-state index in [0.29, 0.717) is 30.6 Å². The van der Waals surface area contributed by atoms with Crippen molar-refractivity contribution >= 4 is 23.4 Å². The van der Waals surface area contributed by atoms with Crippen LogP contribution in [-0.2, 0) is 19.8 Å². The van der Waals surface area contributed by atoms with Crippen molar-refractivity contribution < 1.29 is 19.5 Å². The maximum atomic E-state index is 14.3. The summed E-state index contributed by atoms with van der Waals surface area (Å²) >= 11 is 0. The van der Waals surface area contributed by atoms with E-state index in [4.69, 9.17) is 0 Å². The number of pyridine rings is 1. The fourth-order valence-electron chi connectivity index (χ4n) is 4.73. The third-order valence-corrected chi connectivity index (χ3v) is 7.08. The summed E-state index contributed by atoms with van der Waals surface area (Å²) in [5, 5.41) is 12.8. The Hall–Kier alpha value is -3.52. The van der Waals surface area contributed by atoms with E-state index in [1.807, 2.05) is 38.1 Å². The molecular weight excluding hydrogens is 480 g/mol. The van der Waals surface area contributed by atoms with E-state index >= 15 is 0 Å². The van der Waals surface area contributed by atoms with E-state index in [0.717, 1.165) is 5.56 Å². The van der Waals surface area contributed by atoms with Crippen molar-refractivity contribution in [2.24, 2.45) is 5.92 Å². The predicted octanol–water partition coefficient (Wildman–Crippen LogP) is 3.76. The van der Waals surface area contributed by atoms with E-state index in [1.54, 1.807) is 24.5 Å². The number of anilines is 1. The number of likely N-dealkylation sites (tertiary alicyclic amines) is 1. The lowest BCUT2D eigenvalue weighted by Crippen LogP contribution is -2.53. The molecule has 1 aliphatic rings. The topological polar surface area (TPSA) is 103 Å². The first-order valence-electron chi connectivity index (χ1n) is 13.2. The highest BCUT2D eigenvalue weighted by Gasteiger charge is 2.41. The average molecular weight is 521 g/mol. The highest BCUT2D eigenvalue weighted by molar-refractivity contribution is 6.05. The molecule has 8 nitrogen and oxygen atoms in total. The molecule has 3 amide bonds. The van der Waals surface area contributed by atoms with Crippen molar-refractivity contribution in [2.45, 2.75) is 71.0 Å². The van der Waals surface area contributed by atoms with Crippen LogP contribution in [0.1, 0.15) is 64.6 Å². The Morgan fingerprint density at radius 2 is 1.89 bits per heavy atom. The van der Waals surface area contributed by atoms with Gasteiger partial charge in [-0.1, -0.05) is 59.4 Å². The Morgan fingerprint density at radius 1 is 1.21 bits per heavy atom. The van der Waals surface area contributed by atoms with Crippen LogP contribution in [0.3, 0.4) is 0 Å². The van der Waals surface area contributed by atoms with Crippen molar-refractivity contribution in [1.29, 1.82) is 0 Å². The zero-order valence-electron chi connectivity index (χ0n) is 23.1. The molecule has 0 saturated carbocycles. The number of nitrogens with one attached hydrogen (secondary N) is 1. The molecule has 3 atom stereocenters. The smallest absolute Gasteiger partial charge is 0.250 e. The van der Waals surface area contributed by atoms with Gasteiger partial charge in [-0.3, -0.25) is 24.3 Å². The van der Waals surface area contributed by atoms with Gasteiger partial charge in [-0.05, 0) is 54.0 Å². The zero-order chi connectivity index (χ0) is 28.0. The third-order valence-electron chi connectivity index (χ3n) is 7.08. The standard InChI is InChI=1S/C30H40N4O4/c1-7-26(36)33-17-9-11-25(33)29(38)34(23-14-12-22(13-15-23)30(4,5)6)27(21-10-8-16-31-18-21)28(37)32-24(19-35)20(2)3/h7-8,10,12-16,18,20,24-25,27,35H,1,9,11,17,19H2,2-6H3,(H,32,37). The summed E-state index contributed by atoms with van der Waals surface area (Å²) in [5.74, 6) is -1.12. The molecule has 1 aliphatic heterocycles. The van der Waals surface area contributed by atoms with Gasteiger partial charge in [-0.2, -0.15) is 0 Å². The summed E-state index contributed by atoms with van der Waals surface area (Å²) in [6, 6.07) is 8.79. The molecular formula is C30H40N4O4. The van der Waals surface area contributed by atoms with Crippen molar-refractivity contribution in [3.63, 3.8) is 0 Å². The Morgan fingerprint density at radius 3 is 2.42 bits per heavy atom. The van der Waals surface area contributed by atoms with Crippen LogP contribution in [0.25, 0.3) is 0 Å². The van der Waals surface area contributed by atoms with Gasteiger partial charge >= 0.3 is 0 Å². The number of hydrogen-bond donors (Lipinski definition) is 2. The summed E-state index contributed by atoms with van der Waals surface area (Å²) in [6.07, 6.45) is 5.56. The van der Waals surface area contributed by atoms with Gasteiger partial charge < -0.3 is 15.3 Å². The Bertz CT molecular complexity index is 1130. The van der Waals surface area contributed by atoms with Crippen LogP contribution in [0.4, 0.5) is 5.69 Å². The largest absolute Gasteiger partial charge is 0.394 e. The summed E-state index contributed by atoms with van der Waals surface area (Å²) in [6.45, 7) is 13.9. The van der Waals surface area contributed by atoms with Gasteiger partial charge in [0.1, 0.15) is 12.1 Å². The SMILES string of the molecule is C=CC(=O)N1CCCC1C(=O)N(c1ccc(C(C)(C)C)cc1)C(C(=O)NC(CO)C(C)C)c1cccnc1. The van der Waals surface area contributed by atoms with Gasteiger partial charge in [-0.15, -0.1) is 0 Å². The number of aliphatic hydroxyl groups is 1. The highest BCUT2D eigenvalue weighted by Crippen LogP contribution is 2.33. The number of carbonyl (C=O) groups is 3. The normalized spacial score (nSPS) is 17.1. The number of aromatic nitrogens is 1. The second kappa shape index (κ2) is 12.3. The molecule has 2 aromatic rings. The van der Waals surface area contributed by atoms with Crippen LogP contribution in [0.2, 0.25) is 0 Å². The molecule has 0 spiro atoms. The molecule has 38 heavy (non-hydrogen) atoms. The first kappa shape index (κ1) is 29.0. The summed E-state index contributed by atoms with van der Waals surface area (Å²) in [5.41, 5.74) is 2.05. The van der Waals surface area contributed by atoms with Crippen LogP contribution in [0, 0.1) is 5.92 Å². The minimum Gasteiger partial charge on any atom is -0.394 e. The van der Waals surface area contributed by atoms with Crippen LogP contribution in [0.15, 0.2) is 61.4 Å². The third kappa shape index (κ3) is 6.48. The number of carbonyl (C=O) groups excluding carboxylic acids is 3. The fraction of sp³-hybridized carbons (Fsp3) is 0.467. The van der Waals surface area contributed by atoms with Gasteiger partial charge in [0, 0.05) is 30.2 Å². The second-order valence-electron chi connectivity index (χ2n) is 11.1. The predicted molar refractivity (Wildman–Crippen MR) is 148 cm³/mol. The van der Waals surface area contributed by atoms with E-state index in [2.05, 4.69) is 37.7 Å². The fourth-order valence-corrected chi connectivity index (χ4v) is 4.73. The van der Waals surface area contributed by atoms with Gasteiger partial charge in [-0.25, -0.2) is 0 Å². The van der Waals surface area contributed by atoms with Crippen LogP contribution in [0.5, 0.6) is 0 Å². The van der Waals surface area contributed by atoms with Crippen LogP contribution >= 0.6 is 0 Å². The molecule has 8 heteroatoms. The molecule has 2 N–H and O–H groups in total. The number of nitrogens with zero attached hydrogens (tertiary/aromatic N) is 3. The van der Waals surface area contributed by atoms with Crippen molar-refractivity contribution in [3.05, 3.63) is 72.6 Å². The molecule has 2 heterocycles. The monoisotopic (exact) mass is 520 g/mol. The number of amides is 3. The molecule has 0 radical (unpaired) electrons.